The second kappa shape index (κ2) is 4.97. The highest BCUT2D eigenvalue weighted by Crippen LogP contribution is 2.25. The minimum absolute atomic E-state index is 0.103. The van der Waals surface area contributed by atoms with E-state index in [9.17, 15) is 13.6 Å². The first kappa shape index (κ1) is 13.5. The van der Waals surface area contributed by atoms with Gasteiger partial charge in [0.2, 0.25) is 0 Å². The number of aryl methyl sites for hydroxylation is 1. The summed E-state index contributed by atoms with van der Waals surface area (Å²) in [5.41, 5.74) is -0.0392. The molecule has 2 rings (SSSR count). The molecule has 0 aliphatic heterocycles. The van der Waals surface area contributed by atoms with Crippen LogP contribution < -0.4 is 0 Å². The molecule has 0 fully saturated rings. The lowest BCUT2D eigenvalue weighted by Gasteiger charge is -2.04. The molecule has 19 heavy (non-hydrogen) atoms. The van der Waals surface area contributed by atoms with Crippen LogP contribution in [0, 0.1) is 11.6 Å². The number of hydrogen-bond acceptors (Lipinski definition) is 2. The van der Waals surface area contributed by atoms with E-state index in [-0.39, 0.29) is 22.1 Å². The van der Waals surface area contributed by atoms with Crippen molar-refractivity contribution >= 4 is 17.6 Å². The van der Waals surface area contributed by atoms with Gasteiger partial charge in [0.15, 0.2) is 5.82 Å². The minimum Gasteiger partial charge on any atom is -0.478 e. The molecule has 7 heteroatoms. The molecule has 0 atom stereocenters. The molecule has 4 nitrogen and oxygen atoms in total. The molecule has 0 bridgehead atoms. The van der Waals surface area contributed by atoms with Crippen molar-refractivity contribution in [2.75, 3.05) is 0 Å². The summed E-state index contributed by atoms with van der Waals surface area (Å²) in [7, 11) is 0. The highest BCUT2D eigenvalue weighted by atomic mass is 35.5. The second-order valence-electron chi connectivity index (χ2n) is 3.78. The molecule has 0 aliphatic rings. The van der Waals surface area contributed by atoms with Crippen molar-refractivity contribution < 1.29 is 18.7 Å². The number of nitrogens with zero attached hydrogens (tertiary/aromatic N) is 2. The normalized spacial score (nSPS) is 10.7. The molecule has 2 aromatic rings. The molecular weight excluding hydrogens is 278 g/mol. The van der Waals surface area contributed by atoms with Crippen molar-refractivity contribution in [1.82, 2.24) is 9.78 Å². The summed E-state index contributed by atoms with van der Waals surface area (Å²) < 4.78 is 27.5. The van der Waals surface area contributed by atoms with Gasteiger partial charge < -0.3 is 5.11 Å². The number of carboxylic acid groups (broad SMARTS) is 1. The maximum absolute atomic E-state index is 13.7. The molecule has 0 saturated carbocycles. The van der Waals surface area contributed by atoms with Crippen molar-refractivity contribution in [1.29, 1.82) is 0 Å². The molecule has 1 heterocycles. The second-order valence-corrected chi connectivity index (χ2v) is 4.14. The number of halogens is 3. The summed E-state index contributed by atoms with van der Waals surface area (Å²) in [6.45, 7) is 1.70. The Morgan fingerprint density at radius 2 is 2.16 bits per heavy atom. The largest absolute Gasteiger partial charge is 0.478 e. The van der Waals surface area contributed by atoms with E-state index in [0.29, 0.717) is 12.5 Å². The van der Waals surface area contributed by atoms with E-state index in [1.165, 1.54) is 0 Å². The Bertz CT molecular complexity index is 655. The fourth-order valence-electron chi connectivity index (χ4n) is 1.71. The van der Waals surface area contributed by atoms with Gasteiger partial charge in [0.05, 0.1) is 5.69 Å². The van der Waals surface area contributed by atoms with Crippen molar-refractivity contribution in [2.45, 2.75) is 13.3 Å². The smallest absolute Gasteiger partial charge is 0.340 e. The lowest BCUT2D eigenvalue weighted by Crippen LogP contribution is -2.01. The average molecular weight is 287 g/mol. The van der Waals surface area contributed by atoms with Crippen molar-refractivity contribution in [3.8, 4) is 5.69 Å². The zero-order valence-corrected chi connectivity index (χ0v) is 10.6. The van der Waals surface area contributed by atoms with Crippen LogP contribution in [0.4, 0.5) is 8.78 Å². The third-order valence-corrected chi connectivity index (χ3v) is 2.94. The number of rotatable bonds is 3. The first-order chi connectivity index (χ1) is 8.95. The Morgan fingerprint density at radius 1 is 1.47 bits per heavy atom. The monoisotopic (exact) mass is 286 g/mol. The first-order valence-electron chi connectivity index (χ1n) is 5.41. The number of benzene rings is 1. The van der Waals surface area contributed by atoms with Gasteiger partial charge in [-0.3, -0.25) is 0 Å². The van der Waals surface area contributed by atoms with Crippen molar-refractivity contribution in [3.63, 3.8) is 0 Å². The molecule has 100 valence electrons. The summed E-state index contributed by atoms with van der Waals surface area (Å²) in [6.07, 6.45) is 0.331. The predicted octanol–water partition coefficient (Wildman–Crippen LogP) is 3.06. The van der Waals surface area contributed by atoms with Crippen LogP contribution in [0.2, 0.25) is 5.15 Å². The summed E-state index contributed by atoms with van der Waals surface area (Å²) in [5, 5.41) is 12.8. The van der Waals surface area contributed by atoms with Gasteiger partial charge in [-0.15, -0.1) is 0 Å². The fourth-order valence-corrected chi connectivity index (χ4v) is 2.03. The third-order valence-electron chi connectivity index (χ3n) is 2.59. The first-order valence-corrected chi connectivity index (χ1v) is 5.79. The highest BCUT2D eigenvalue weighted by Gasteiger charge is 2.23. The van der Waals surface area contributed by atoms with Crippen LogP contribution >= 0.6 is 11.6 Å². The molecule has 0 spiro atoms. The maximum Gasteiger partial charge on any atom is 0.340 e. The number of carbonyl (C=O) groups is 1. The minimum atomic E-state index is -1.24. The van der Waals surface area contributed by atoms with E-state index >= 15 is 0 Å². The van der Waals surface area contributed by atoms with E-state index in [4.69, 9.17) is 16.7 Å². The zero-order valence-electron chi connectivity index (χ0n) is 9.82. The summed E-state index contributed by atoms with van der Waals surface area (Å²) in [4.78, 5) is 11.1. The van der Waals surface area contributed by atoms with Crippen LogP contribution in [0.5, 0.6) is 0 Å². The molecule has 0 saturated heterocycles. The summed E-state index contributed by atoms with van der Waals surface area (Å²) in [6, 6.07) is 2.87. The Hall–Kier alpha value is -1.95. The van der Waals surface area contributed by atoms with Crippen LogP contribution in [0.15, 0.2) is 18.2 Å². The van der Waals surface area contributed by atoms with E-state index in [2.05, 4.69) is 5.10 Å². The van der Waals surface area contributed by atoms with E-state index in [1.807, 2.05) is 0 Å². The lowest BCUT2D eigenvalue weighted by molar-refractivity contribution is 0.0696. The van der Waals surface area contributed by atoms with Crippen molar-refractivity contribution in [2.24, 2.45) is 0 Å². The van der Waals surface area contributed by atoms with Crippen LogP contribution in [0.3, 0.4) is 0 Å². The van der Waals surface area contributed by atoms with Crippen LogP contribution in [0.25, 0.3) is 5.69 Å². The number of carboxylic acids is 1. The van der Waals surface area contributed by atoms with Gasteiger partial charge in [0.25, 0.3) is 0 Å². The SMILES string of the molecule is CCc1nn(-c2ccc(F)cc2F)c(Cl)c1C(=O)O. The van der Waals surface area contributed by atoms with Gasteiger partial charge in [-0.05, 0) is 18.6 Å². The number of aromatic carboxylic acids is 1. The van der Waals surface area contributed by atoms with Gasteiger partial charge in [0, 0.05) is 6.07 Å². The summed E-state index contributed by atoms with van der Waals surface area (Å²) >= 11 is 5.91. The Kier molecular flexibility index (Phi) is 3.53. The molecular formula is C12H9ClF2N2O2. The number of hydrogen-bond donors (Lipinski definition) is 1. The average Bonchev–Trinajstić information content (AvgIpc) is 2.66. The maximum atomic E-state index is 13.7. The number of aromatic nitrogens is 2. The molecule has 0 radical (unpaired) electrons. The van der Waals surface area contributed by atoms with Gasteiger partial charge in [0.1, 0.15) is 22.2 Å². The molecule has 0 amide bonds. The topological polar surface area (TPSA) is 55.1 Å². The fraction of sp³-hybridized carbons (Fsp3) is 0.167. The highest BCUT2D eigenvalue weighted by molar-refractivity contribution is 6.32. The van der Waals surface area contributed by atoms with Gasteiger partial charge in [-0.1, -0.05) is 18.5 Å². The van der Waals surface area contributed by atoms with Crippen LogP contribution in [0.1, 0.15) is 23.0 Å². The predicted molar refractivity (Wildman–Crippen MR) is 64.8 cm³/mol. The van der Waals surface area contributed by atoms with Crippen LogP contribution in [-0.2, 0) is 6.42 Å². The van der Waals surface area contributed by atoms with E-state index < -0.39 is 17.6 Å². The Labute approximate surface area is 112 Å². The van der Waals surface area contributed by atoms with E-state index in [0.717, 1.165) is 16.8 Å². The van der Waals surface area contributed by atoms with Crippen LogP contribution in [-0.4, -0.2) is 20.9 Å². The zero-order chi connectivity index (χ0) is 14.2. The molecule has 1 aromatic heterocycles. The van der Waals surface area contributed by atoms with Gasteiger partial charge in [-0.2, -0.15) is 5.10 Å². The molecule has 1 N–H and O–H groups in total. The lowest BCUT2D eigenvalue weighted by atomic mass is 10.2. The Balaban J connectivity index is 2.66. The van der Waals surface area contributed by atoms with Gasteiger partial charge >= 0.3 is 5.97 Å². The standard InChI is InChI=1S/C12H9ClF2N2O2/c1-2-8-10(12(18)19)11(13)17(16-8)9-4-3-6(14)5-7(9)15/h3-5H,2H2,1H3,(H,18,19). The molecule has 1 aromatic carbocycles. The third kappa shape index (κ3) is 2.31. The summed E-state index contributed by atoms with van der Waals surface area (Å²) in [5.74, 6) is -2.85. The quantitative estimate of drug-likeness (QED) is 0.943. The van der Waals surface area contributed by atoms with E-state index in [1.54, 1.807) is 6.92 Å². The molecule has 0 unspecified atom stereocenters. The Morgan fingerprint density at radius 3 is 2.63 bits per heavy atom. The molecule has 0 aliphatic carbocycles. The van der Waals surface area contributed by atoms with Crippen molar-refractivity contribution in [3.05, 3.63) is 46.2 Å². The van der Waals surface area contributed by atoms with Gasteiger partial charge in [-0.25, -0.2) is 18.3 Å².